The number of hydrogen-bond donors (Lipinski definition) is 3. The summed E-state index contributed by atoms with van der Waals surface area (Å²) in [6.07, 6.45) is 5.98. The molecule has 0 atom stereocenters. The van der Waals surface area contributed by atoms with Gasteiger partial charge in [0.2, 0.25) is 0 Å². The van der Waals surface area contributed by atoms with E-state index >= 15 is 0 Å². The number of carbonyl (C=O) groups is 1. The van der Waals surface area contributed by atoms with E-state index in [1.54, 1.807) is 24.3 Å². The third-order valence-electron chi connectivity index (χ3n) is 5.26. The van der Waals surface area contributed by atoms with Gasteiger partial charge in [0.1, 0.15) is 11.5 Å². The van der Waals surface area contributed by atoms with Crippen molar-refractivity contribution in [3.63, 3.8) is 0 Å². The van der Waals surface area contributed by atoms with Gasteiger partial charge in [0.25, 0.3) is 0 Å². The smallest absolute Gasteiger partial charge is 0.309 e. The van der Waals surface area contributed by atoms with Crippen molar-refractivity contribution in [2.45, 2.75) is 45.4 Å². The van der Waals surface area contributed by atoms with E-state index in [0.717, 1.165) is 32.1 Å². The van der Waals surface area contributed by atoms with Crippen molar-refractivity contribution < 1.29 is 20.1 Å². The van der Waals surface area contributed by atoms with Gasteiger partial charge < -0.3 is 15.3 Å². The first-order valence-electron chi connectivity index (χ1n) is 9.18. The van der Waals surface area contributed by atoms with Crippen molar-refractivity contribution in [3.05, 3.63) is 48.0 Å². The van der Waals surface area contributed by atoms with Gasteiger partial charge in [-0.25, -0.2) is 0 Å². The first kappa shape index (κ1) is 20.3. The molecule has 0 amide bonds. The molecule has 0 aliphatic heterocycles. The van der Waals surface area contributed by atoms with E-state index in [1.807, 2.05) is 13.0 Å². The molecule has 2 aromatic carbocycles. The molecule has 3 N–H and O–H groups in total. The molecule has 5 nitrogen and oxygen atoms in total. The molecule has 1 saturated carbocycles. The number of phenols is 2. The van der Waals surface area contributed by atoms with Gasteiger partial charge >= 0.3 is 5.97 Å². The summed E-state index contributed by atoms with van der Waals surface area (Å²) in [5.41, 5.74) is 1.04. The van der Waals surface area contributed by atoms with Crippen LogP contribution >= 0.6 is 0 Å². The lowest BCUT2D eigenvalue weighted by molar-refractivity contribution is -0.151. The molecule has 0 radical (unpaired) electrons. The predicted molar refractivity (Wildman–Crippen MR) is 103 cm³/mol. The molecule has 0 spiro atoms. The molecule has 2 aromatic rings. The zero-order chi connectivity index (χ0) is 19.9. The van der Waals surface area contributed by atoms with E-state index in [0.29, 0.717) is 16.7 Å². The fraction of sp³-hybridized carbons (Fsp3) is 0.364. The maximum absolute atomic E-state index is 10.9. The summed E-state index contributed by atoms with van der Waals surface area (Å²) in [6.45, 7) is 1.99. The van der Waals surface area contributed by atoms with Gasteiger partial charge in [-0.2, -0.15) is 5.26 Å². The summed E-state index contributed by atoms with van der Waals surface area (Å²) in [7, 11) is 0. The van der Waals surface area contributed by atoms with Crippen LogP contribution in [-0.4, -0.2) is 21.3 Å². The van der Waals surface area contributed by atoms with Crippen LogP contribution in [0.25, 0.3) is 11.1 Å². The van der Waals surface area contributed by atoms with E-state index in [1.165, 1.54) is 24.6 Å². The lowest BCUT2D eigenvalue weighted by Crippen LogP contribution is -2.32. The highest BCUT2D eigenvalue weighted by Crippen LogP contribution is 2.39. The topological polar surface area (TPSA) is 102 Å². The Labute approximate surface area is 159 Å². The number of hydrogen-bond acceptors (Lipinski definition) is 4. The lowest BCUT2D eigenvalue weighted by Gasteiger charge is -2.31. The van der Waals surface area contributed by atoms with Crippen LogP contribution in [0.5, 0.6) is 11.5 Å². The van der Waals surface area contributed by atoms with Crippen molar-refractivity contribution in [2.24, 2.45) is 5.41 Å². The highest BCUT2D eigenvalue weighted by molar-refractivity contribution is 5.76. The summed E-state index contributed by atoms with van der Waals surface area (Å²) in [5.74, 6) is -0.465. The van der Waals surface area contributed by atoms with E-state index in [9.17, 15) is 15.0 Å². The van der Waals surface area contributed by atoms with Crippen LogP contribution in [0.15, 0.2) is 42.5 Å². The zero-order valence-electron chi connectivity index (χ0n) is 15.5. The van der Waals surface area contributed by atoms with Crippen molar-refractivity contribution in [1.29, 1.82) is 5.26 Å². The average molecular weight is 367 g/mol. The second kappa shape index (κ2) is 9.09. The molecule has 0 unspecified atom stereocenters. The van der Waals surface area contributed by atoms with Crippen LogP contribution in [-0.2, 0) is 4.79 Å². The molecular formula is C22H25NO4. The van der Waals surface area contributed by atoms with Gasteiger partial charge in [-0.05, 0) is 43.5 Å². The Bertz CT molecular complexity index is 832. The first-order valence-corrected chi connectivity index (χ1v) is 9.18. The number of nitriles is 1. The summed E-state index contributed by atoms with van der Waals surface area (Å²) in [5, 5.41) is 37.1. The number of benzene rings is 2. The molecule has 142 valence electrons. The van der Waals surface area contributed by atoms with Crippen LogP contribution < -0.4 is 0 Å². The summed E-state index contributed by atoms with van der Waals surface area (Å²) < 4.78 is 0. The molecule has 0 bridgehead atoms. The highest BCUT2D eigenvalue weighted by atomic mass is 16.4. The van der Waals surface area contributed by atoms with Gasteiger partial charge in [-0.1, -0.05) is 44.4 Å². The molecule has 27 heavy (non-hydrogen) atoms. The maximum Gasteiger partial charge on any atom is 0.309 e. The van der Waals surface area contributed by atoms with Gasteiger partial charge in [0, 0.05) is 11.1 Å². The van der Waals surface area contributed by atoms with Crippen LogP contribution in [0.4, 0.5) is 0 Å². The van der Waals surface area contributed by atoms with Gasteiger partial charge in [0.05, 0.1) is 17.0 Å². The minimum Gasteiger partial charge on any atom is -0.507 e. The standard InChI is InChI=1S/C13H9NO2.C9H16O2/c14-8-9-5-6-13(16)11(7-9)10-3-1-2-4-12(10)15;1-2-9(8(10)11)6-4-3-5-7-9/h1-7,15-16H;2-7H2,1H3,(H,10,11). The lowest BCUT2D eigenvalue weighted by atomic mass is 9.72. The van der Waals surface area contributed by atoms with Crippen LogP contribution in [0, 0.1) is 16.7 Å². The normalized spacial score (nSPS) is 15.1. The van der Waals surface area contributed by atoms with Crippen LogP contribution in [0.2, 0.25) is 0 Å². The Kier molecular flexibility index (Phi) is 6.84. The van der Waals surface area contributed by atoms with Crippen LogP contribution in [0.1, 0.15) is 51.0 Å². The number of nitrogens with zero attached hydrogens (tertiary/aromatic N) is 1. The summed E-state index contributed by atoms with van der Waals surface area (Å²) in [6, 6.07) is 13.2. The summed E-state index contributed by atoms with van der Waals surface area (Å²) in [4.78, 5) is 10.9. The average Bonchev–Trinajstić information content (AvgIpc) is 2.70. The Morgan fingerprint density at radius 2 is 1.67 bits per heavy atom. The zero-order valence-corrected chi connectivity index (χ0v) is 15.5. The largest absolute Gasteiger partial charge is 0.507 e. The van der Waals surface area contributed by atoms with Crippen molar-refractivity contribution in [1.82, 2.24) is 0 Å². The molecule has 0 saturated heterocycles. The van der Waals surface area contributed by atoms with E-state index in [-0.39, 0.29) is 16.9 Å². The second-order valence-corrected chi connectivity index (χ2v) is 6.86. The molecule has 1 aliphatic rings. The Hall–Kier alpha value is -3.00. The maximum atomic E-state index is 10.9. The molecular weight excluding hydrogens is 342 g/mol. The Balaban J connectivity index is 0.000000208. The van der Waals surface area contributed by atoms with Gasteiger partial charge in [-0.15, -0.1) is 0 Å². The van der Waals surface area contributed by atoms with Crippen molar-refractivity contribution in [2.75, 3.05) is 0 Å². The monoisotopic (exact) mass is 367 g/mol. The molecule has 0 heterocycles. The van der Waals surface area contributed by atoms with Crippen LogP contribution in [0.3, 0.4) is 0 Å². The quantitative estimate of drug-likeness (QED) is 0.703. The number of aromatic hydroxyl groups is 2. The number of para-hydroxylation sites is 1. The molecule has 5 heteroatoms. The van der Waals surface area contributed by atoms with E-state index < -0.39 is 5.97 Å². The third-order valence-corrected chi connectivity index (χ3v) is 5.26. The van der Waals surface area contributed by atoms with Gasteiger partial charge in [-0.3, -0.25) is 4.79 Å². The number of aliphatic carboxylic acids is 1. The fourth-order valence-corrected chi connectivity index (χ4v) is 3.47. The number of rotatable bonds is 3. The summed E-state index contributed by atoms with van der Waals surface area (Å²) >= 11 is 0. The van der Waals surface area contributed by atoms with E-state index in [4.69, 9.17) is 10.4 Å². The minimum atomic E-state index is -0.584. The van der Waals surface area contributed by atoms with Crippen molar-refractivity contribution in [3.8, 4) is 28.7 Å². The highest BCUT2D eigenvalue weighted by Gasteiger charge is 2.37. The fourth-order valence-electron chi connectivity index (χ4n) is 3.47. The SMILES string of the molecule is CCC1(C(=O)O)CCCCC1.N#Cc1ccc(O)c(-c2ccccc2O)c1. The number of carboxylic acids is 1. The third kappa shape index (κ3) is 4.79. The molecule has 1 aliphatic carbocycles. The predicted octanol–water partition coefficient (Wildman–Crippen LogP) is 5.07. The van der Waals surface area contributed by atoms with E-state index in [2.05, 4.69) is 0 Å². The minimum absolute atomic E-state index is 0.0421. The number of carboxylic acid groups (broad SMARTS) is 1. The Morgan fingerprint density at radius 1 is 1.04 bits per heavy atom. The van der Waals surface area contributed by atoms with Gasteiger partial charge in [0.15, 0.2) is 0 Å². The molecule has 1 fully saturated rings. The molecule has 3 rings (SSSR count). The number of phenolic OH excluding ortho intramolecular Hbond substituents is 2. The first-order chi connectivity index (χ1) is 12.9. The second-order valence-electron chi connectivity index (χ2n) is 6.86. The van der Waals surface area contributed by atoms with Crippen molar-refractivity contribution >= 4 is 5.97 Å². The Morgan fingerprint density at radius 3 is 2.19 bits per heavy atom. The molecule has 0 aromatic heterocycles.